The Balaban J connectivity index is 0.930. The van der Waals surface area contributed by atoms with Gasteiger partial charge >= 0.3 is 0 Å². The van der Waals surface area contributed by atoms with Gasteiger partial charge in [-0.1, -0.05) is 64.1 Å². The molecule has 4 aromatic rings. The van der Waals surface area contributed by atoms with E-state index in [0.29, 0.717) is 24.3 Å². The highest BCUT2D eigenvalue weighted by Crippen LogP contribution is 2.52. The molecule has 7 rings (SSSR count). The lowest BCUT2D eigenvalue weighted by molar-refractivity contribution is -0.135. The van der Waals surface area contributed by atoms with E-state index in [2.05, 4.69) is 84.4 Å². The Hall–Kier alpha value is -5.03. The molecule has 2 saturated heterocycles. The quantitative estimate of drug-likeness (QED) is 0.174. The number of H-pyrrole nitrogens is 1. The number of benzene rings is 2. The van der Waals surface area contributed by atoms with Gasteiger partial charge in [-0.3, -0.25) is 14.4 Å². The van der Waals surface area contributed by atoms with Crippen LogP contribution in [0.4, 0.5) is 11.5 Å². The molecule has 1 aliphatic carbocycles. The number of anilines is 2. The van der Waals surface area contributed by atoms with Crippen LogP contribution in [0.2, 0.25) is 0 Å². The molecule has 53 heavy (non-hydrogen) atoms. The lowest BCUT2D eigenvalue weighted by atomic mass is 10.0. The summed E-state index contributed by atoms with van der Waals surface area (Å²) >= 11 is 0. The van der Waals surface area contributed by atoms with Crippen LogP contribution in [0.15, 0.2) is 73.1 Å². The summed E-state index contributed by atoms with van der Waals surface area (Å²) in [6, 6.07) is 19.7. The van der Waals surface area contributed by atoms with E-state index in [1.165, 1.54) is 0 Å². The third-order valence-electron chi connectivity index (χ3n) is 11.4. The van der Waals surface area contributed by atoms with Crippen molar-refractivity contribution in [2.75, 3.05) is 43.4 Å². The number of hydrogen-bond donors (Lipinski definition) is 3. The van der Waals surface area contributed by atoms with Gasteiger partial charge in [-0.25, -0.2) is 9.97 Å². The van der Waals surface area contributed by atoms with E-state index in [0.717, 1.165) is 66.4 Å². The molecule has 2 aromatic carbocycles. The summed E-state index contributed by atoms with van der Waals surface area (Å²) in [4.78, 5) is 58.3. The normalized spacial score (nSPS) is 21.5. The third-order valence-corrected chi connectivity index (χ3v) is 11.4. The molecule has 11 heteroatoms. The van der Waals surface area contributed by atoms with Crippen molar-refractivity contribution >= 4 is 29.2 Å². The van der Waals surface area contributed by atoms with Crippen LogP contribution in [0.25, 0.3) is 22.4 Å². The Morgan fingerprint density at radius 3 is 2.17 bits per heavy atom. The van der Waals surface area contributed by atoms with E-state index in [1.54, 1.807) is 6.20 Å². The van der Waals surface area contributed by atoms with E-state index >= 15 is 0 Å². The SMILES string of the molecule is CNC(C(=O)N1CCCC1c1ncc(-c2ccc(-c3ccc(NC(=O)c4ccc(N5CCN(C(=O)C6CC6(C)C)CC5C)nc4)cc3)cc2)[nH]1)C(C)C. The summed E-state index contributed by atoms with van der Waals surface area (Å²) in [5.41, 5.74) is 5.34. The van der Waals surface area contributed by atoms with E-state index < -0.39 is 0 Å². The molecule has 0 radical (unpaired) electrons. The summed E-state index contributed by atoms with van der Waals surface area (Å²) in [6.07, 6.45) is 6.30. The first-order valence-electron chi connectivity index (χ1n) is 19.0. The number of likely N-dealkylation sites (tertiary alicyclic amines) is 1. The van der Waals surface area contributed by atoms with Crippen LogP contribution in [0.1, 0.15) is 76.1 Å². The number of imidazole rings is 1. The second-order valence-electron chi connectivity index (χ2n) is 16.0. The fraction of sp³-hybridized carbons (Fsp3) is 0.452. The highest BCUT2D eigenvalue weighted by Gasteiger charge is 2.52. The number of carbonyl (C=O) groups is 3. The van der Waals surface area contributed by atoms with Gasteiger partial charge in [0.25, 0.3) is 5.91 Å². The molecule has 11 nitrogen and oxygen atoms in total. The molecule has 3 N–H and O–H groups in total. The summed E-state index contributed by atoms with van der Waals surface area (Å²) in [5.74, 6) is 2.19. The van der Waals surface area contributed by atoms with Gasteiger partial charge < -0.3 is 30.3 Å². The maximum Gasteiger partial charge on any atom is 0.257 e. The summed E-state index contributed by atoms with van der Waals surface area (Å²) in [7, 11) is 1.85. The Morgan fingerprint density at radius 1 is 0.887 bits per heavy atom. The predicted octanol–water partition coefficient (Wildman–Crippen LogP) is 6.38. The van der Waals surface area contributed by atoms with Crippen molar-refractivity contribution < 1.29 is 14.4 Å². The van der Waals surface area contributed by atoms with Crippen LogP contribution in [0.5, 0.6) is 0 Å². The number of rotatable bonds is 10. The summed E-state index contributed by atoms with van der Waals surface area (Å²) < 4.78 is 0. The molecule has 4 heterocycles. The van der Waals surface area contributed by atoms with Crippen molar-refractivity contribution in [3.05, 3.63) is 84.4 Å². The molecule has 2 aliphatic heterocycles. The van der Waals surface area contributed by atoms with Gasteiger partial charge in [0.15, 0.2) is 0 Å². The molecule has 1 saturated carbocycles. The number of nitrogens with one attached hydrogen (secondary N) is 3. The average molecular weight is 717 g/mol. The van der Waals surface area contributed by atoms with Crippen LogP contribution in [0, 0.1) is 17.3 Å². The van der Waals surface area contributed by atoms with Crippen LogP contribution in [-0.2, 0) is 9.59 Å². The molecule has 3 aliphatic rings. The van der Waals surface area contributed by atoms with Gasteiger partial charge in [0.1, 0.15) is 11.6 Å². The zero-order valence-electron chi connectivity index (χ0n) is 31.7. The minimum atomic E-state index is -0.220. The number of amides is 3. The molecule has 3 fully saturated rings. The summed E-state index contributed by atoms with van der Waals surface area (Å²) in [5, 5.41) is 6.18. The second kappa shape index (κ2) is 14.8. The molecular weight excluding hydrogens is 665 g/mol. The fourth-order valence-electron chi connectivity index (χ4n) is 7.98. The fourth-order valence-corrected chi connectivity index (χ4v) is 7.98. The van der Waals surface area contributed by atoms with Crippen molar-refractivity contribution in [3.8, 4) is 22.4 Å². The van der Waals surface area contributed by atoms with Crippen LogP contribution < -0.4 is 15.5 Å². The topological polar surface area (TPSA) is 127 Å². The molecule has 0 bridgehead atoms. The Kier molecular flexibility index (Phi) is 10.1. The van der Waals surface area contributed by atoms with Crippen molar-refractivity contribution in [1.82, 2.24) is 30.1 Å². The molecule has 3 amide bonds. The minimum absolute atomic E-state index is 0.0477. The molecule has 4 atom stereocenters. The van der Waals surface area contributed by atoms with E-state index in [9.17, 15) is 14.4 Å². The molecule has 0 spiro atoms. The van der Waals surface area contributed by atoms with Crippen molar-refractivity contribution in [3.63, 3.8) is 0 Å². The number of hydrogen-bond acceptors (Lipinski definition) is 7. The lowest BCUT2D eigenvalue weighted by Gasteiger charge is -2.40. The Bertz CT molecular complexity index is 1940. The Morgan fingerprint density at radius 2 is 1.57 bits per heavy atom. The number of aromatic amines is 1. The summed E-state index contributed by atoms with van der Waals surface area (Å²) in [6.45, 7) is 13.4. The van der Waals surface area contributed by atoms with Gasteiger partial charge in [0.05, 0.1) is 29.5 Å². The van der Waals surface area contributed by atoms with Crippen LogP contribution >= 0.6 is 0 Å². The first-order valence-corrected chi connectivity index (χ1v) is 19.0. The van der Waals surface area contributed by atoms with Gasteiger partial charge in [-0.15, -0.1) is 0 Å². The average Bonchev–Trinajstić information content (AvgIpc) is 3.51. The number of pyridine rings is 1. The first kappa shape index (κ1) is 36.3. The van der Waals surface area contributed by atoms with E-state index in [1.807, 2.05) is 59.4 Å². The second-order valence-corrected chi connectivity index (χ2v) is 16.0. The smallest absolute Gasteiger partial charge is 0.257 e. The molecular formula is C42H52N8O3. The van der Waals surface area contributed by atoms with Crippen molar-refractivity contribution in [2.24, 2.45) is 17.3 Å². The predicted molar refractivity (Wildman–Crippen MR) is 208 cm³/mol. The number of piperazine rings is 1. The third kappa shape index (κ3) is 7.58. The standard InChI is InChI=1S/C42H52N8O3/c1-26(2)37(43-6)41(53)50-19-7-8-35(50)38-45-24-34(47-38)30-11-9-28(10-12-30)29-13-16-32(17-14-29)46-39(51)31-15-18-36(44-23-31)49-21-20-48(25-27(49)3)40(52)33-22-42(33,4)5/h9-18,23-24,26-27,33,35,37,43H,7-8,19-22,25H2,1-6H3,(H,45,47)(H,46,51). The van der Waals surface area contributed by atoms with E-state index in [-0.39, 0.29) is 53.1 Å². The highest BCUT2D eigenvalue weighted by atomic mass is 16.2. The number of aromatic nitrogens is 3. The Labute approximate surface area is 312 Å². The van der Waals surface area contributed by atoms with Crippen LogP contribution in [-0.4, -0.2) is 87.8 Å². The van der Waals surface area contributed by atoms with Gasteiger partial charge in [-0.05, 0) is 85.5 Å². The highest BCUT2D eigenvalue weighted by molar-refractivity contribution is 6.04. The van der Waals surface area contributed by atoms with Crippen molar-refractivity contribution in [2.45, 2.75) is 72.0 Å². The maximum absolute atomic E-state index is 13.3. The van der Waals surface area contributed by atoms with Crippen molar-refractivity contribution in [1.29, 1.82) is 0 Å². The van der Waals surface area contributed by atoms with Crippen LogP contribution in [0.3, 0.4) is 0 Å². The number of carbonyl (C=O) groups excluding carboxylic acids is 3. The minimum Gasteiger partial charge on any atom is -0.350 e. The largest absolute Gasteiger partial charge is 0.350 e. The molecule has 4 unspecified atom stereocenters. The van der Waals surface area contributed by atoms with Gasteiger partial charge in [0.2, 0.25) is 11.8 Å². The lowest BCUT2D eigenvalue weighted by Crippen LogP contribution is -2.54. The molecule has 278 valence electrons. The zero-order chi connectivity index (χ0) is 37.4. The monoisotopic (exact) mass is 716 g/mol. The van der Waals surface area contributed by atoms with E-state index in [4.69, 9.17) is 4.98 Å². The number of nitrogens with zero attached hydrogens (tertiary/aromatic N) is 5. The molecule has 2 aromatic heterocycles. The number of likely N-dealkylation sites (N-methyl/N-ethyl adjacent to an activating group) is 1. The van der Waals surface area contributed by atoms with Gasteiger partial charge in [0, 0.05) is 50.0 Å². The first-order chi connectivity index (χ1) is 25.4. The maximum atomic E-state index is 13.3. The van der Waals surface area contributed by atoms with Gasteiger partial charge in [-0.2, -0.15) is 0 Å². The zero-order valence-corrected chi connectivity index (χ0v) is 31.7.